The number of aromatic nitrogens is 4. The lowest BCUT2D eigenvalue weighted by molar-refractivity contribution is 0.122. The summed E-state index contributed by atoms with van der Waals surface area (Å²) >= 11 is 6.10. The zero-order chi connectivity index (χ0) is 26.2. The smallest absolute Gasteiger partial charge is 0.233 e. The van der Waals surface area contributed by atoms with Gasteiger partial charge in [-0.05, 0) is 61.4 Å². The van der Waals surface area contributed by atoms with Gasteiger partial charge in [-0.1, -0.05) is 11.6 Å². The Morgan fingerprint density at radius 3 is 2.47 bits per heavy atom. The Labute approximate surface area is 226 Å². The molecule has 38 heavy (non-hydrogen) atoms. The lowest BCUT2D eigenvalue weighted by atomic mass is 10.2. The van der Waals surface area contributed by atoms with Crippen LogP contribution >= 0.6 is 11.6 Å². The normalized spacial score (nSPS) is 13.4. The Morgan fingerprint density at radius 1 is 0.921 bits per heavy atom. The number of rotatable bonds is 11. The Balaban J connectivity index is 1.18. The minimum absolute atomic E-state index is 0.487. The Kier molecular flexibility index (Phi) is 8.52. The van der Waals surface area contributed by atoms with E-state index < -0.39 is 0 Å². The van der Waals surface area contributed by atoms with Crippen molar-refractivity contribution in [3.05, 3.63) is 59.8 Å². The van der Waals surface area contributed by atoms with Crippen LogP contribution in [0.3, 0.4) is 0 Å². The zero-order valence-corrected chi connectivity index (χ0v) is 22.0. The van der Waals surface area contributed by atoms with Crippen LogP contribution < -0.4 is 25.6 Å². The van der Waals surface area contributed by atoms with Crippen LogP contribution in [0.1, 0.15) is 12.8 Å². The monoisotopic (exact) mass is 534 g/mol. The third kappa shape index (κ3) is 6.70. The molecule has 0 spiro atoms. The summed E-state index contributed by atoms with van der Waals surface area (Å²) in [6.45, 7) is 4.37. The van der Waals surface area contributed by atoms with Gasteiger partial charge in [-0.15, -0.1) is 0 Å². The van der Waals surface area contributed by atoms with E-state index in [-0.39, 0.29) is 0 Å². The molecule has 0 unspecified atom stereocenters. The van der Waals surface area contributed by atoms with Crippen molar-refractivity contribution in [3.63, 3.8) is 0 Å². The maximum atomic E-state index is 6.10. The van der Waals surface area contributed by atoms with Gasteiger partial charge in [0.2, 0.25) is 17.8 Å². The predicted octanol–water partition coefficient (Wildman–Crippen LogP) is 4.97. The molecule has 2 aromatic heterocycles. The quantitative estimate of drug-likeness (QED) is 0.228. The highest BCUT2D eigenvalue weighted by Crippen LogP contribution is 2.24. The lowest BCUT2D eigenvalue weighted by Gasteiger charge is -2.27. The van der Waals surface area contributed by atoms with E-state index in [1.165, 1.54) is 0 Å². The van der Waals surface area contributed by atoms with Crippen molar-refractivity contribution in [3.8, 4) is 5.75 Å². The molecule has 0 atom stereocenters. The molecule has 198 valence electrons. The van der Waals surface area contributed by atoms with Gasteiger partial charge in [0.1, 0.15) is 5.75 Å². The number of halogens is 1. The molecule has 5 rings (SSSR count). The van der Waals surface area contributed by atoms with Crippen LogP contribution in [-0.2, 0) is 4.74 Å². The first-order valence-electron chi connectivity index (χ1n) is 12.7. The molecule has 10 nitrogen and oxygen atoms in total. The Bertz CT molecular complexity index is 1350. The van der Waals surface area contributed by atoms with Crippen LogP contribution in [0.4, 0.5) is 29.2 Å². The molecule has 0 amide bonds. The van der Waals surface area contributed by atoms with E-state index in [1.807, 2.05) is 48.5 Å². The summed E-state index contributed by atoms with van der Waals surface area (Å²) in [5.41, 5.74) is 2.81. The van der Waals surface area contributed by atoms with Crippen molar-refractivity contribution in [1.82, 2.24) is 19.9 Å². The second-order valence-electron chi connectivity index (χ2n) is 8.82. The van der Waals surface area contributed by atoms with Gasteiger partial charge in [0, 0.05) is 54.2 Å². The number of fused-ring (bicyclic) bond motifs is 1. The first kappa shape index (κ1) is 25.7. The number of unbranched alkanes of at least 4 members (excludes halogenated alkanes) is 1. The molecule has 2 aromatic carbocycles. The molecule has 1 fully saturated rings. The van der Waals surface area contributed by atoms with E-state index >= 15 is 0 Å². The van der Waals surface area contributed by atoms with Gasteiger partial charge < -0.3 is 30.3 Å². The van der Waals surface area contributed by atoms with Gasteiger partial charge in [0.05, 0.1) is 25.8 Å². The molecular weight excluding hydrogens is 504 g/mol. The zero-order valence-electron chi connectivity index (χ0n) is 21.3. The van der Waals surface area contributed by atoms with Gasteiger partial charge >= 0.3 is 0 Å². The second-order valence-corrected chi connectivity index (χ2v) is 9.25. The van der Waals surface area contributed by atoms with Crippen molar-refractivity contribution >= 4 is 51.7 Å². The topological polar surface area (TPSA) is 109 Å². The van der Waals surface area contributed by atoms with Crippen LogP contribution in [0, 0.1) is 0 Å². The number of nitrogens with one attached hydrogen (secondary N) is 3. The molecule has 1 aliphatic heterocycles. The van der Waals surface area contributed by atoms with E-state index in [2.05, 4.69) is 40.8 Å². The van der Waals surface area contributed by atoms with Crippen molar-refractivity contribution in [2.45, 2.75) is 12.8 Å². The van der Waals surface area contributed by atoms with E-state index in [0.29, 0.717) is 36.1 Å². The molecular formula is C27H31ClN8O2. The third-order valence-electron chi connectivity index (χ3n) is 6.17. The van der Waals surface area contributed by atoms with Crippen LogP contribution in [0.25, 0.3) is 10.9 Å². The van der Waals surface area contributed by atoms with Gasteiger partial charge in [0.25, 0.3) is 0 Å². The number of morpholine rings is 1. The molecule has 4 aromatic rings. The molecule has 3 N–H and O–H groups in total. The molecule has 11 heteroatoms. The first-order valence-corrected chi connectivity index (χ1v) is 13.1. The Hall–Kier alpha value is -3.89. The number of nitrogens with zero attached hydrogens (tertiary/aromatic N) is 5. The highest BCUT2D eigenvalue weighted by atomic mass is 35.5. The highest BCUT2D eigenvalue weighted by molar-refractivity contribution is 6.31. The average Bonchev–Trinajstić information content (AvgIpc) is 2.95. The largest absolute Gasteiger partial charge is 0.497 e. The number of hydrogen-bond acceptors (Lipinski definition) is 10. The standard InChI is InChI=1S/C27H31ClN8O2/c1-37-21-7-5-20(6-8-21)32-26-33-25(34-27(35-26)36-14-16-38-17-15-36)31-12-3-2-11-29-23-10-13-30-24-18-19(28)4-9-22(23)24/h4-10,13,18H,2-3,11-12,14-17H2,1H3,(H,29,30)(H2,31,32,33,34,35). The van der Waals surface area contributed by atoms with E-state index in [1.54, 1.807) is 13.3 Å². The fourth-order valence-corrected chi connectivity index (χ4v) is 4.32. The summed E-state index contributed by atoms with van der Waals surface area (Å²) in [7, 11) is 1.65. The highest BCUT2D eigenvalue weighted by Gasteiger charge is 2.17. The summed E-state index contributed by atoms with van der Waals surface area (Å²) in [6.07, 6.45) is 3.72. The van der Waals surface area contributed by atoms with Crippen LogP contribution in [0.15, 0.2) is 54.7 Å². The predicted molar refractivity (Wildman–Crippen MR) is 152 cm³/mol. The van der Waals surface area contributed by atoms with Crippen molar-refractivity contribution in [2.24, 2.45) is 0 Å². The average molecular weight is 535 g/mol. The second kappa shape index (κ2) is 12.6. The summed E-state index contributed by atoms with van der Waals surface area (Å²) in [5, 5.41) is 11.9. The molecule has 0 saturated carbocycles. The number of methoxy groups -OCH3 is 1. The molecule has 1 saturated heterocycles. The molecule has 0 aliphatic carbocycles. The molecule has 0 radical (unpaired) electrons. The van der Waals surface area contributed by atoms with Crippen LogP contribution in [-0.4, -0.2) is 66.4 Å². The first-order chi connectivity index (χ1) is 18.7. The fraction of sp³-hybridized carbons (Fsp3) is 0.333. The summed E-state index contributed by atoms with van der Waals surface area (Å²) in [4.78, 5) is 20.5. The maximum Gasteiger partial charge on any atom is 0.233 e. The molecule has 3 heterocycles. The Morgan fingerprint density at radius 2 is 1.68 bits per heavy atom. The van der Waals surface area contributed by atoms with Gasteiger partial charge in [-0.2, -0.15) is 15.0 Å². The van der Waals surface area contributed by atoms with Gasteiger partial charge in [0.15, 0.2) is 0 Å². The van der Waals surface area contributed by atoms with Crippen molar-refractivity contribution in [2.75, 3.05) is 67.4 Å². The number of hydrogen-bond donors (Lipinski definition) is 3. The SMILES string of the molecule is COc1ccc(Nc2nc(NCCCCNc3ccnc4cc(Cl)ccc34)nc(N3CCOCC3)n2)cc1. The van der Waals surface area contributed by atoms with Crippen LogP contribution in [0.2, 0.25) is 5.02 Å². The molecule has 0 bridgehead atoms. The summed E-state index contributed by atoms with van der Waals surface area (Å²) < 4.78 is 10.7. The summed E-state index contributed by atoms with van der Waals surface area (Å²) in [5.74, 6) is 2.45. The number of anilines is 5. The van der Waals surface area contributed by atoms with Crippen LogP contribution in [0.5, 0.6) is 5.75 Å². The summed E-state index contributed by atoms with van der Waals surface area (Å²) in [6, 6.07) is 15.4. The number of benzene rings is 2. The van der Waals surface area contributed by atoms with Gasteiger partial charge in [-0.25, -0.2) is 0 Å². The van der Waals surface area contributed by atoms with E-state index in [0.717, 1.165) is 67.0 Å². The van der Waals surface area contributed by atoms with E-state index in [9.17, 15) is 0 Å². The van der Waals surface area contributed by atoms with E-state index in [4.69, 9.17) is 21.1 Å². The van der Waals surface area contributed by atoms with Crippen molar-refractivity contribution < 1.29 is 9.47 Å². The minimum Gasteiger partial charge on any atom is -0.497 e. The van der Waals surface area contributed by atoms with Crippen molar-refractivity contribution in [1.29, 1.82) is 0 Å². The maximum absolute atomic E-state index is 6.10. The number of pyridine rings is 1. The third-order valence-corrected chi connectivity index (χ3v) is 6.41. The number of ether oxygens (including phenoxy) is 2. The fourth-order valence-electron chi connectivity index (χ4n) is 4.16. The molecule has 1 aliphatic rings. The minimum atomic E-state index is 0.487. The van der Waals surface area contributed by atoms with Gasteiger partial charge in [-0.3, -0.25) is 4.98 Å². The lowest BCUT2D eigenvalue weighted by Crippen LogP contribution is -2.37.